The first-order chi connectivity index (χ1) is 6.27. The van der Waals surface area contributed by atoms with Crippen molar-refractivity contribution in [2.75, 3.05) is 7.11 Å². The maximum absolute atomic E-state index is 11.3. The van der Waals surface area contributed by atoms with Crippen LogP contribution in [0.25, 0.3) is 0 Å². The summed E-state index contributed by atoms with van der Waals surface area (Å²) in [5.74, 6) is 0.320. The van der Waals surface area contributed by atoms with Crippen LogP contribution in [-0.4, -0.2) is 16.7 Å². The first-order valence-electron chi connectivity index (χ1n) is 4.13. The highest BCUT2D eigenvalue weighted by atomic mass is 35.6. The van der Waals surface area contributed by atoms with Gasteiger partial charge in [-0.1, -0.05) is 48.7 Å². The molecule has 0 fully saturated rings. The third-order valence-corrected chi connectivity index (χ3v) is 2.00. The topological polar surface area (TPSA) is 26.3 Å². The Hall–Kier alpha value is 0.0800. The van der Waals surface area contributed by atoms with Crippen LogP contribution in [0.5, 0.6) is 0 Å². The van der Waals surface area contributed by atoms with Gasteiger partial charge in [0.15, 0.2) is 0 Å². The van der Waals surface area contributed by atoms with Crippen LogP contribution in [0, 0.1) is 5.92 Å². The molecule has 0 radical (unpaired) electrons. The largest absolute Gasteiger partial charge is 0.501 e. The first-order valence-corrected chi connectivity index (χ1v) is 5.26. The van der Waals surface area contributed by atoms with E-state index >= 15 is 0 Å². The lowest BCUT2D eigenvalue weighted by Gasteiger charge is -2.10. The minimum absolute atomic E-state index is 0.379. The van der Waals surface area contributed by atoms with Crippen molar-refractivity contribution in [3.63, 3.8) is 0 Å². The third-order valence-electron chi connectivity index (χ3n) is 1.44. The van der Waals surface area contributed by atoms with Gasteiger partial charge >= 0.3 is 0 Å². The summed E-state index contributed by atoms with van der Waals surface area (Å²) in [4.78, 5) is 11.3. The third kappa shape index (κ3) is 5.74. The van der Waals surface area contributed by atoms with Gasteiger partial charge in [0, 0.05) is 12.5 Å². The molecule has 2 nitrogen and oxygen atoms in total. The molecule has 0 saturated carbocycles. The van der Waals surface area contributed by atoms with Crippen molar-refractivity contribution in [2.24, 2.45) is 5.92 Å². The quantitative estimate of drug-likeness (QED) is 0.439. The molecule has 0 rings (SSSR count). The van der Waals surface area contributed by atoms with E-state index in [9.17, 15) is 4.79 Å². The van der Waals surface area contributed by atoms with E-state index in [0.717, 1.165) is 0 Å². The van der Waals surface area contributed by atoms with Gasteiger partial charge in [-0.3, -0.25) is 4.79 Å². The molecule has 0 atom stereocenters. The normalized spacial score (nSPS) is 13.2. The highest BCUT2D eigenvalue weighted by molar-refractivity contribution is 6.77. The van der Waals surface area contributed by atoms with Crippen LogP contribution in [0.15, 0.2) is 11.8 Å². The predicted molar refractivity (Wildman–Crippen MR) is 59.8 cm³/mol. The van der Waals surface area contributed by atoms with Crippen molar-refractivity contribution in [2.45, 2.75) is 24.1 Å². The second-order valence-corrected chi connectivity index (χ2v) is 5.56. The van der Waals surface area contributed by atoms with Gasteiger partial charge in [0.2, 0.25) is 5.78 Å². The number of carbonyl (C=O) groups excluding carboxylic acids is 1. The standard InChI is InChI=1S/C9H13Cl3O2/c1-6(2)4-7(14-3)5-8(13)9(10,11)12/h5-6H,4H2,1-3H3/b7-5+. The van der Waals surface area contributed by atoms with E-state index in [0.29, 0.717) is 18.1 Å². The molecule has 0 heterocycles. The smallest absolute Gasteiger partial charge is 0.252 e. The Morgan fingerprint density at radius 1 is 1.43 bits per heavy atom. The number of allylic oxidation sites excluding steroid dienone is 2. The zero-order chi connectivity index (χ0) is 11.4. The maximum Gasteiger partial charge on any atom is 0.252 e. The van der Waals surface area contributed by atoms with Gasteiger partial charge in [-0.05, 0) is 5.92 Å². The fourth-order valence-corrected chi connectivity index (χ4v) is 0.995. The van der Waals surface area contributed by atoms with Crippen molar-refractivity contribution < 1.29 is 9.53 Å². The van der Waals surface area contributed by atoms with Crippen molar-refractivity contribution in [3.8, 4) is 0 Å². The Labute approximate surface area is 99.2 Å². The lowest BCUT2D eigenvalue weighted by molar-refractivity contribution is -0.114. The molecule has 5 heteroatoms. The number of ether oxygens (including phenoxy) is 1. The Morgan fingerprint density at radius 2 is 1.93 bits per heavy atom. The van der Waals surface area contributed by atoms with Crippen LogP contribution in [0.2, 0.25) is 0 Å². The van der Waals surface area contributed by atoms with Gasteiger partial charge in [-0.2, -0.15) is 0 Å². The van der Waals surface area contributed by atoms with E-state index in [1.807, 2.05) is 13.8 Å². The van der Waals surface area contributed by atoms with Crippen LogP contribution >= 0.6 is 34.8 Å². The Bertz CT molecular complexity index is 229. The highest BCUT2D eigenvalue weighted by Crippen LogP contribution is 2.28. The molecular formula is C9H13Cl3O2. The summed E-state index contributed by atoms with van der Waals surface area (Å²) < 4.78 is 3.09. The monoisotopic (exact) mass is 258 g/mol. The minimum Gasteiger partial charge on any atom is -0.501 e. The molecule has 0 aromatic rings. The number of methoxy groups -OCH3 is 1. The van der Waals surface area contributed by atoms with Crippen LogP contribution in [-0.2, 0) is 9.53 Å². The Morgan fingerprint density at radius 3 is 2.21 bits per heavy atom. The molecular weight excluding hydrogens is 246 g/mol. The number of hydrogen-bond donors (Lipinski definition) is 0. The fourth-order valence-electron chi connectivity index (χ4n) is 0.832. The molecule has 82 valence electrons. The van der Waals surface area contributed by atoms with Gasteiger partial charge in [-0.15, -0.1) is 0 Å². The molecule has 0 bridgehead atoms. The number of hydrogen-bond acceptors (Lipinski definition) is 2. The molecule has 0 aromatic carbocycles. The lowest BCUT2D eigenvalue weighted by atomic mass is 10.1. The van der Waals surface area contributed by atoms with Crippen LogP contribution in [0.4, 0.5) is 0 Å². The Balaban J connectivity index is 4.52. The summed E-state index contributed by atoms with van der Waals surface area (Å²) in [5.41, 5.74) is 0. The molecule has 0 amide bonds. The number of halogens is 3. The number of rotatable bonds is 4. The number of alkyl halides is 3. The molecule has 0 aliphatic rings. The van der Waals surface area contributed by atoms with Gasteiger partial charge < -0.3 is 4.74 Å². The van der Waals surface area contributed by atoms with Gasteiger partial charge in [0.05, 0.1) is 12.9 Å². The average Bonchev–Trinajstić information content (AvgIpc) is 2.00. The SMILES string of the molecule is CO/C(=C/C(=O)C(Cl)(Cl)Cl)CC(C)C. The summed E-state index contributed by atoms with van der Waals surface area (Å²) in [6.45, 7) is 4.01. The summed E-state index contributed by atoms with van der Waals surface area (Å²) in [6.07, 6.45) is 1.87. The summed E-state index contributed by atoms with van der Waals surface area (Å²) in [5, 5.41) is 0. The molecule has 0 aliphatic heterocycles. The highest BCUT2D eigenvalue weighted by Gasteiger charge is 2.29. The van der Waals surface area contributed by atoms with E-state index in [4.69, 9.17) is 39.5 Å². The molecule has 0 N–H and O–H groups in total. The van der Waals surface area contributed by atoms with Crippen LogP contribution < -0.4 is 0 Å². The molecule has 0 saturated heterocycles. The molecule has 14 heavy (non-hydrogen) atoms. The van der Waals surface area contributed by atoms with Crippen molar-refractivity contribution in [3.05, 3.63) is 11.8 Å². The number of carbonyl (C=O) groups is 1. The van der Waals surface area contributed by atoms with E-state index in [1.54, 1.807) is 0 Å². The maximum atomic E-state index is 11.3. The zero-order valence-corrected chi connectivity index (χ0v) is 10.6. The van der Waals surface area contributed by atoms with Gasteiger partial charge in [0.1, 0.15) is 0 Å². The van der Waals surface area contributed by atoms with Crippen molar-refractivity contribution in [1.29, 1.82) is 0 Å². The lowest BCUT2D eigenvalue weighted by Crippen LogP contribution is -2.17. The molecule has 0 aromatic heterocycles. The average molecular weight is 260 g/mol. The van der Waals surface area contributed by atoms with Gasteiger partial charge in [0.25, 0.3) is 3.79 Å². The Kier molecular flexibility index (Phi) is 5.87. The van der Waals surface area contributed by atoms with E-state index in [2.05, 4.69) is 0 Å². The molecule has 0 spiro atoms. The molecule has 0 aliphatic carbocycles. The summed E-state index contributed by atoms with van der Waals surface area (Å²) in [7, 11) is 1.49. The van der Waals surface area contributed by atoms with E-state index in [1.165, 1.54) is 13.2 Å². The molecule has 0 unspecified atom stereocenters. The summed E-state index contributed by atoms with van der Waals surface area (Å²) >= 11 is 16.2. The van der Waals surface area contributed by atoms with Crippen molar-refractivity contribution >= 4 is 40.6 Å². The first kappa shape index (κ1) is 14.1. The van der Waals surface area contributed by atoms with Crippen LogP contribution in [0.3, 0.4) is 0 Å². The van der Waals surface area contributed by atoms with Gasteiger partial charge in [-0.25, -0.2) is 0 Å². The second-order valence-electron chi connectivity index (χ2n) is 3.27. The minimum atomic E-state index is -1.90. The fraction of sp³-hybridized carbons (Fsp3) is 0.667. The zero-order valence-electron chi connectivity index (χ0n) is 8.31. The number of ketones is 1. The van der Waals surface area contributed by atoms with Crippen LogP contribution in [0.1, 0.15) is 20.3 Å². The van der Waals surface area contributed by atoms with E-state index in [-0.39, 0.29) is 0 Å². The second kappa shape index (κ2) is 5.84. The van der Waals surface area contributed by atoms with E-state index < -0.39 is 9.58 Å². The summed E-state index contributed by atoms with van der Waals surface area (Å²) in [6, 6.07) is 0. The van der Waals surface area contributed by atoms with Crippen molar-refractivity contribution in [1.82, 2.24) is 0 Å². The predicted octanol–water partition coefficient (Wildman–Crippen LogP) is 3.50.